The van der Waals surface area contributed by atoms with Crippen LogP contribution in [-0.2, 0) is 0 Å². The van der Waals surface area contributed by atoms with Gasteiger partial charge >= 0.3 is 0 Å². The fraction of sp³-hybridized carbons (Fsp3) is 0.625. The zero-order valence-electron chi connectivity index (χ0n) is 12.2. The summed E-state index contributed by atoms with van der Waals surface area (Å²) in [5, 5.41) is 0. The van der Waals surface area contributed by atoms with Crippen LogP contribution in [0.2, 0.25) is 0 Å². The van der Waals surface area contributed by atoms with Crippen LogP contribution in [0.3, 0.4) is 0 Å². The summed E-state index contributed by atoms with van der Waals surface area (Å²) in [7, 11) is 0. The number of nitrogens with zero attached hydrogens (tertiary/aromatic N) is 1. The van der Waals surface area contributed by atoms with Crippen LogP contribution in [0.15, 0.2) is 24.3 Å². The summed E-state index contributed by atoms with van der Waals surface area (Å²) < 4.78 is 0. The zero-order chi connectivity index (χ0) is 13.4. The molecule has 0 atom stereocenters. The van der Waals surface area contributed by atoms with Crippen LogP contribution in [0.4, 0.5) is 5.69 Å². The molecule has 0 saturated heterocycles. The number of anilines is 1. The summed E-state index contributed by atoms with van der Waals surface area (Å²) in [5.74, 6) is 0.782. The highest BCUT2D eigenvalue weighted by Crippen LogP contribution is 2.19. The van der Waals surface area contributed by atoms with E-state index in [0.717, 1.165) is 32.0 Å². The fourth-order valence-electron chi connectivity index (χ4n) is 2.22. The first-order valence-corrected chi connectivity index (χ1v) is 7.22. The SMILES string of the molecule is CCC(CC)CN(CCCN)c1ccc(C)cc1. The molecule has 1 aromatic rings. The van der Waals surface area contributed by atoms with Gasteiger partial charge in [0.2, 0.25) is 0 Å². The Morgan fingerprint density at radius 2 is 1.72 bits per heavy atom. The third kappa shape index (κ3) is 4.69. The van der Waals surface area contributed by atoms with Gasteiger partial charge in [-0.05, 0) is 37.9 Å². The molecule has 0 radical (unpaired) electrons. The maximum absolute atomic E-state index is 5.65. The predicted octanol–water partition coefficient (Wildman–Crippen LogP) is 3.59. The van der Waals surface area contributed by atoms with Crippen molar-refractivity contribution >= 4 is 5.69 Å². The Kier molecular flexibility index (Phi) is 6.81. The van der Waals surface area contributed by atoms with Gasteiger partial charge in [0.15, 0.2) is 0 Å². The van der Waals surface area contributed by atoms with Gasteiger partial charge in [-0.25, -0.2) is 0 Å². The molecular formula is C16H28N2. The van der Waals surface area contributed by atoms with Crippen LogP contribution in [0.5, 0.6) is 0 Å². The lowest BCUT2D eigenvalue weighted by Crippen LogP contribution is -2.31. The summed E-state index contributed by atoms with van der Waals surface area (Å²) in [4.78, 5) is 2.49. The first kappa shape index (κ1) is 15.0. The summed E-state index contributed by atoms with van der Waals surface area (Å²) in [6, 6.07) is 8.85. The first-order chi connectivity index (χ1) is 8.71. The van der Waals surface area contributed by atoms with Crippen molar-refractivity contribution in [2.75, 3.05) is 24.5 Å². The number of rotatable bonds is 8. The van der Waals surface area contributed by atoms with Crippen LogP contribution < -0.4 is 10.6 Å². The molecule has 2 nitrogen and oxygen atoms in total. The van der Waals surface area contributed by atoms with E-state index in [1.165, 1.54) is 24.1 Å². The molecule has 2 heteroatoms. The second kappa shape index (κ2) is 8.15. The monoisotopic (exact) mass is 248 g/mol. The standard InChI is InChI=1S/C16H28N2/c1-4-15(5-2)13-18(12-6-11-17)16-9-7-14(3)8-10-16/h7-10,15H,4-6,11-13,17H2,1-3H3. The molecule has 0 amide bonds. The Labute approximate surface area is 112 Å². The van der Waals surface area contributed by atoms with E-state index >= 15 is 0 Å². The second-order valence-electron chi connectivity index (χ2n) is 5.11. The lowest BCUT2D eigenvalue weighted by molar-refractivity contribution is 0.481. The highest BCUT2D eigenvalue weighted by atomic mass is 15.1. The van der Waals surface area contributed by atoms with Crippen molar-refractivity contribution in [3.63, 3.8) is 0 Å². The second-order valence-corrected chi connectivity index (χ2v) is 5.11. The van der Waals surface area contributed by atoms with Crippen LogP contribution in [0.1, 0.15) is 38.7 Å². The van der Waals surface area contributed by atoms with Gasteiger partial charge in [0.05, 0.1) is 0 Å². The molecule has 0 bridgehead atoms. The van der Waals surface area contributed by atoms with Gasteiger partial charge in [-0.3, -0.25) is 0 Å². The molecule has 18 heavy (non-hydrogen) atoms. The van der Waals surface area contributed by atoms with Gasteiger partial charge in [0.25, 0.3) is 0 Å². The highest BCUT2D eigenvalue weighted by molar-refractivity contribution is 5.47. The van der Waals surface area contributed by atoms with Gasteiger partial charge in [0, 0.05) is 18.8 Å². The summed E-state index contributed by atoms with van der Waals surface area (Å²) in [6.07, 6.45) is 3.57. The van der Waals surface area contributed by atoms with Gasteiger partial charge in [-0.1, -0.05) is 44.4 Å². The average Bonchev–Trinajstić information content (AvgIpc) is 2.40. The zero-order valence-corrected chi connectivity index (χ0v) is 12.2. The van der Waals surface area contributed by atoms with Crippen molar-refractivity contribution in [2.45, 2.75) is 40.0 Å². The van der Waals surface area contributed by atoms with Crippen LogP contribution in [-0.4, -0.2) is 19.6 Å². The Morgan fingerprint density at radius 3 is 2.22 bits per heavy atom. The quantitative estimate of drug-likeness (QED) is 0.762. The van der Waals surface area contributed by atoms with E-state index in [4.69, 9.17) is 5.73 Å². The molecule has 0 fully saturated rings. The normalized spacial score (nSPS) is 10.9. The third-order valence-electron chi connectivity index (χ3n) is 3.66. The Morgan fingerprint density at radius 1 is 1.11 bits per heavy atom. The van der Waals surface area contributed by atoms with Crippen molar-refractivity contribution in [1.82, 2.24) is 0 Å². The smallest absolute Gasteiger partial charge is 0.0366 e. The summed E-state index contributed by atoms with van der Waals surface area (Å²) >= 11 is 0. The fourth-order valence-corrected chi connectivity index (χ4v) is 2.22. The van der Waals surface area contributed by atoms with Crippen molar-refractivity contribution in [1.29, 1.82) is 0 Å². The van der Waals surface area contributed by atoms with E-state index in [2.05, 4.69) is 49.9 Å². The number of aryl methyl sites for hydroxylation is 1. The molecule has 0 spiro atoms. The third-order valence-corrected chi connectivity index (χ3v) is 3.66. The van der Waals surface area contributed by atoms with Crippen molar-refractivity contribution < 1.29 is 0 Å². The molecule has 0 unspecified atom stereocenters. The molecule has 0 heterocycles. The number of benzene rings is 1. The minimum absolute atomic E-state index is 0.769. The Hall–Kier alpha value is -1.02. The van der Waals surface area contributed by atoms with Crippen LogP contribution in [0.25, 0.3) is 0 Å². The Balaban J connectivity index is 2.73. The lowest BCUT2D eigenvalue weighted by Gasteiger charge is -2.28. The maximum atomic E-state index is 5.65. The minimum Gasteiger partial charge on any atom is -0.371 e. The molecule has 0 saturated carbocycles. The molecular weight excluding hydrogens is 220 g/mol. The van der Waals surface area contributed by atoms with Crippen molar-refractivity contribution in [3.05, 3.63) is 29.8 Å². The largest absolute Gasteiger partial charge is 0.371 e. The summed E-state index contributed by atoms with van der Waals surface area (Å²) in [5.41, 5.74) is 8.30. The van der Waals surface area contributed by atoms with Gasteiger partial charge < -0.3 is 10.6 Å². The number of nitrogens with two attached hydrogens (primary N) is 1. The molecule has 2 N–H and O–H groups in total. The van der Waals surface area contributed by atoms with Gasteiger partial charge in [-0.2, -0.15) is 0 Å². The van der Waals surface area contributed by atoms with E-state index < -0.39 is 0 Å². The average molecular weight is 248 g/mol. The van der Waals surface area contributed by atoms with Crippen molar-refractivity contribution in [3.8, 4) is 0 Å². The molecule has 0 aliphatic heterocycles. The summed E-state index contributed by atoms with van der Waals surface area (Å²) in [6.45, 7) is 9.68. The molecule has 0 aromatic heterocycles. The topological polar surface area (TPSA) is 29.3 Å². The minimum atomic E-state index is 0.769. The Bertz CT molecular complexity index is 314. The van der Waals surface area contributed by atoms with Crippen LogP contribution in [0, 0.1) is 12.8 Å². The van der Waals surface area contributed by atoms with Gasteiger partial charge in [-0.15, -0.1) is 0 Å². The molecule has 102 valence electrons. The van der Waals surface area contributed by atoms with E-state index in [-0.39, 0.29) is 0 Å². The van der Waals surface area contributed by atoms with Gasteiger partial charge in [0.1, 0.15) is 0 Å². The first-order valence-electron chi connectivity index (χ1n) is 7.22. The molecule has 0 aliphatic carbocycles. The van der Waals surface area contributed by atoms with Crippen LogP contribution >= 0.6 is 0 Å². The molecule has 1 aromatic carbocycles. The number of hydrogen-bond acceptors (Lipinski definition) is 2. The van der Waals surface area contributed by atoms with E-state index in [1.54, 1.807) is 0 Å². The highest BCUT2D eigenvalue weighted by Gasteiger charge is 2.11. The maximum Gasteiger partial charge on any atom is 0.0366 e. The van der Waals surface area contributed by atoms with E-state index in [9.17, 15) is 0 Å². The lowest BCUT2D eigenvalue weighted by atomic mass is 10.0. The number of hydrogen-bond donors (Lipinski definition) is 1. The van der Waals surface area contributed by atoms with Crippen molar-refractivity contribution in [2.24, 2.45) is 11.7 Å². The predicted molar refractivity (Wildman–Crippen MR) is 81.1 cm³/mol. The van der Waals surface area contributed by atoms with E-state index in [1.807, 2.05) is 0 Å². The van der Waals surface area contributed by atoms with E-state index in [0.29, 0.717) is 0 Å². The molecule has 0 aliphatic rings. The molecule has 1 rings (SSSR count).